The molecular weight excluding hydrogens is 363 g/mol. The Hall–Kier alpha value is -0.860. The van der Waals surface area contributed by atoms with E-state index < -0.39 is 10.0 Å². The summed E-state index contributed by atoms with van der Waals surface area (Å²) in [6, 6.07) is 4.31. The number of halogens is 2. The molecule has 0 unspecified atom stereocenters. The molecule has 0 saturated carbocycles. The van der Waals surface area contributed by atoms with Gasteiger partial charge in [0, 0.05) is 31.2 Å². The van der Waals surface area contributed by atoms with Crippen molar-refractivity contribution in [2.24, 2.45) is 0 Å². The summed E-state index contributed by atoms with van der Waals surface area (Å²) in [6.07, 6.45) is 0. The van der Waals surface area contributed by atoms with E-state index in [0.29, 0.717) is 37.8 Å². The molecule has 23 heavy (non-hydrogen) atoms. The van der Waals surface area contributed by atoms with Crippen LogP contribution in [0.25, 0.3) is 0 Å². The number of hydrogen-bond acceptors (Lipinski definition) is 5. The van der Waals surface area contributed by atoms with Gasteiger partial charge in [0.05, 0.1) is 18.2 Å². The molecule has 1 aliphatic rings. The molecule has 6 nitrogen and oxygen atoms in total. The van der Waals surface area contributed by atoms with Crippen LogP contribution >= 0.6 is 23.2 Å². The van der Waals surface area contributed by atoms with E-state index >= 15 is 0 Å². The van der Waals surface area contributed by atoms with Crippen LogP contribution in [0.1, 0.15) is 6.92 Å². The molecule has 0 aromatic heterocycles. The van der Waals surface area contributed by atoms with Crippen LogP contribution in [0.2, 0.25) is 10.0 Å². The topological polar surface area (TPSA) is 66.9 Å². The number of nitrogens with zero attached hydrogens (tertiary/aromatic N) is 2. The lowest BCUT2D eigenvalue weighted by Crippen LogP contribution is -2.50. The van der Waals surface area contributed by atoms with Crippen molar-refractivity contribution in [2.45, 2.75) is 11.8 Å². The van der Waals surface area contributed by atoms with E-state index in [-0.39, 0.29) is 22.4 Å². The van der Waals surface area contributed by atoms with Crippen molar-refractivity contribution in [1.82, 2.24) is 9.21 Å². The summed E-state index contributed by atoms with van der Waals surface area (Å²) in [6.45, 7) is 3.76. The molecule has 0 atom stereocenters. The lowest BCUT2D eigenvalue weighted by atomic mass is 10.3. The number of esters is 1. The van der Waals surface area contributed by atoms with Crippen LogP contribution in [-0.4, -0.2) is 62.9 Å². The lowest BCUT2D eigenvalue weighted by molar-refractivity contribution is -0.144. The molecule has 0 amide bonds. The second-order valence-corrected chi connectivity index (χ2v) is 7.81. The number of rotatable bonds is 5. The first-order chi connectivity index (χ1) is 10.8. The maximum Gasteiger partial charge on any atom is 0.320 e. The molecule has 1 heterocycles. The van der Waals surface area contributed by atoms with Gasteiger partial charge in [0.25, 0.3) is 0 Å². The van der Waals surface area contributed by atoms with Crippen LogP contribution in [0.15, 0.2) is 23.1 Å². The highest BCUT2D eigenvalue weighted by Crippen LogP contribution is 2.28. The third-order valence-corrected chi connectivity index (χ3v) is 6.12. The van der Waals surface area contributed by atoms with Gasteiger partial charge in [-0.25, -0.2) is 8.42 Å². The second kappa shape index (κ2) is 7.81. The third kappa shape index (κ3) is 4.58. The SMILES string of the molecule is CCOC(=O)CN1CCN(S(=O)(=O)c2ccc(Cl)cc2Cl)CC1. The van der Waals surface area contributed by atoms with E-state index in [1.54, 1.807) is 6.92 Å². The monoisotopic (exact) mass is 380 g/mol. The number of carbonyl (C=O) groups excluding carboxylic acids is 1. The number of ether oxygens (including phenoxy) is 1. The van der Waals surface area contributed by atoms with Gasteiger partial charge in [0.1, 0.15) is 4.90 Å². The van der Waals surface area contributed by atoms with E-state index in [9.17, 15) is 13.2 Å². The molecule has 0 N–H and O–H groups in total. The predicted octanol–water partition coefficient (Wildman–Crippen LogP) is 1.86. The Balaban J connectivity index is 2.02. The van der Waals surface area contributed by atoms with Crippen molar-refractivity contribution < 1.29 is 17.9 Å². The van der Waals surface area contributed by atoms with Gasteiger partial charge in [-0.2, -0.15) is 4.31 Å². The second-order valence-electron chi connectivity index (χ2n) is 5.06. The highest BCUT2D eigenvalue weighted by molar-refractivity contribution is 7.89. The first kappa shape index (κ1) is 18.5. The van der Waals surface area contributed by atoms with Crippen LogP contribution in [0.4, 0.5) is 0 Å². The molecule has 9 heteroatoms. The summed E-state index contributed by atoms with van der Waals surface area (Å²) in [4.78, 5) is 13.4. The zero-order chi connectivity index (χ0) is 17.0. The Morgan fingerprint density at radius 2 is 1.87 bits per heavy atom. The van der Waals surface area contributed by atoms with Gasteiger partial charge in [-0.1, -0.05) is 23.2 Å². The minimum Gasteiger partial charge on any atom is -0.465 e. The summed E-state index contributed by atoms with van der Waals surface area (Å²) in [7, 11) is -3.67. The summed E-state index contributed by atoms with van der Waals surface area (Å²) in [5, 5.41) is 0.486. The Kier molecular flexibility index (Phi) is 6.27. The lowest BCUT2D eigenvalue weighted by Gasteiger charge is -2.33. The number of piperazine rings is 1. The molecule has 0 bridgehead atoms. The van der Waals surface area contributed by atoms with Crippen LogP contribution in [0.3, 0.4) is 0 Å². The summed E-state index contributed by atoms with van der Waals surface area (Å²) in [5.41, 5.74) is 0. The Labute approximate surface area is 146 Å². The van der Waals surface area contributed by atoms with Crippen molar-refractivity contribution in [2.75, 3.05) is 39.3 Å². The summed E-state index contributed by atoms with van der Waals surface area (Å²) >= 11 is 11.8. The molecule has 2 rings (SSSR count). The van der Waals surface area contributed by atoms with E-state index in [1.165, 1.54) is 22.5 Å². The van der Waals surface area contributed by atoms with Crippen molar-refractivity contribution in [3.05, 3.63) is 28.2 Å². The van der Waals surface area contributed by atoms with Crippen LogP contribution in [0, 0.1) is 0 Å². The molecule has 0 spiro atoms. The number of carbonyl (C=O) groups is 1. The summed E-state index contributed by atoms with van der Waals surface area (Å²) in [5.74, 6) is -0.301. The number of sulfonamides is 1. The number of benzene rings is 1. The minimum absolute atomic E-state index is 0.0439. The van der Waals surface area contributed by atoms with Gasteiger partial charge in [-0.3, -0.25) is 9.69 Å². The van der Waals surface area contributed by atoms with E-state index in [2.05, 4.69) is 0 Å². The first-order valence-electron chi connectivity index (χ1n) is 7.17. The van der Waals surface area contributed by atoms with E-state index in [1.807, 2.05) is 4.90 Å². The van der Waals surface area contributed by atoms with Gasteiger partial charge in [0.2, 0.25) is 10.0 Å². The number of hydrogen-bond donors (Lipinski definition) is 0. The van der Waals surface area contributed by atoms with Gasteiger partial charge in [-0.15, -0.1) is 0 Å². The fourth-order valence-electron chi connectivity index (χ4n) is 2.34. The van der Waals surface area contributed by atoms with Crippen LogP contribution < -0.4 is 0 Å². The molecular formula is C14H18Cl2N2O4S. The van der Waals surface area contributed by atoms with Gasteiger partial charge in [0.15, 0.2) is 0 Å². The molecule has 1 aromatic carbocycles. The highest BCUT2D eigenvalue weighted by atomic mass is 35.5. The minimum atomic E-state index is -3.67. The molecule has 1 fully saturated rings. The Morgan fingerprint density at radius 1 is 1.22 bits per heavy atom. The highest BCUT2D eigenvalue weighted by Gasteiger charge is 2.30. The first-order valence-corrected chi connectivity index (χ1v) is 9.37. The normalized spacial score (nSPS) is 17.2. The summed E-state index contributed by atoms with van der Waals surface area (Å²) < 4.78 is 31.5. The maximum absolute atomic E-state index is 12.6. The standard InChI is InChI=1S/C14H18Cl2N2O4S/c1-2-22-14(19)10-17-5-7-18(8-6-17)23(20,21)13-4-3-11(15)9-12(13)16/h3-4,9H,2,5-8,10H2,1H3. The van der Waals surface area contributed by atoms with Crippen molar-refractivity contribution in [1.29, 1.82) is 0 Å². The molecule has 0 radical (unpaired) electrons. The fraction of sp³-hybridized carbons (Fsp3) is 0.500. The smallest absolute Gasteiger partial charge is 0.320 e. The van der Waals surface area contributed by atoms with Crippen molar-refractivity contribution in [3.63, 3.8) is 0 Å². The van der Waals surface area contributed by atoms with Gasteiger partial charge >= 0.3 is 5.97 Å². The third-order valence-electron chi connectivity index (χ3n) is 3.50. The van der Waals surface area contributed by atoms with Crippen LogP contribution in [-0.2, 0) is 19.6 Å². The largest absolute Gasteiger partial charge is 0.465 e. The molecule has 1 aromatic rings. The molecule has 128 valence electrons. The zero-order valence-corrected chi connectivity index (χ0v) is 15.0. The van der Waals surface area contributed by atoms with Crippen LogP contribution in [0.5, 0.6) is 0 Å². The average molecular weight is 381 g/mol. The zero-order valence-electron chi connectivity index (χ0n) is 12.7. The fourth-order valence-corrected chi connectivity index (χ4v) is 4.51. The van der Waals surface area contributed by atoms with E-state index in [4.69, 9.17) is 27.9 Å². The predicted molar refractivity (Wildman–Crippen MR) is 88.3 cm³/mol. The quantitative estimate of drug-likeness (QED) is 0.729. The maximum atomic E-state index is 12.6. The van der Waals surface area contributed by atoms with Gasteiger partial charge < -0.3 is 4.74 Å². The molecule has 1 aliphatic heterocycles. The Morgan fingerprint density at radius 3 is 2.43 bits per heavy atom. The Bertz CT molecular complexity index is 673. The van der Waals surface area contributed by atoms with E-state index in [0.717, 1.165) is 0 Å². The molecule has 0 aliphatic carbocycles. The molecule has 1 saturated heterocycles. The average Bonchev–Trinajstić information content (AvgIpc) is 2.47. The van der Waals surface area contributed by atoms with Crippen molar-refractivity contribution in [3.8, 4) is 0 Å². The van der Waals surface area contributed by atoms with Gasteiger partial charge in [-0.05, 0) is 25.1 Å². The van der Waals surface area contributed by atoms with Crippen molar-refractivity contribution >= 4 is 39.2 Å².